The Bertz CT molecular complexity index is 630. The summed E-state index contributed by atoms with van der Waals surface area (Å²) >= 11 is 0. The first-order valence-corrected chi connectivity index (χ1v) is 6.06. The fourth-order valence-electron chi connectivity index (χ4n) is 2.33. The Balaban J connectivity index is 2.92. The van der Waals surface area contributed by atoms with E-state index in [-0.39, 0.29) is 5.92 Å². The summed E-state index contributed by atoms with van der Waals surface area (Å²) in [6, 6.07) is 5.74. The summed E-state index contributed by atoms with van der Waals surface area (Å²) in [5.74, 6) is -0.666. The van der Waals surface area contributed by atoms with E-state index in [2.05, 4.69) is 4.98 Å². The number of nitrogens with zero attached hydrogens (tertiary/aromatic N) is 1. The average molecular weight is 243 g/mol. The van der Waals surface area contributed by atoms with Crippen LogP contribution in [0.3, 0.4) is 0 Å². The van der Waals surface area contributed by atoms with Gasteiger partial charge in [0, 0.05) is 11.1 Å². The van der Waals surface area contributed by atoms with Crippen molar-refractivity contribution in [2.75, 3.05) is 0 Å². The van der Waals surface area contributed by atoms with Gasteiger partial charge in [-0.15, -0.1) is 0 Å². The van der Waals surface area contributed by atoms with Gasteiger partial charge in [-0.3, -0.25) is 4.98 Å². The quantitative estimate of drug-likeness (QED) is 0.875. The molecule has 0 fully saturated rings. The topological polar surface area (TPSA) is 50.2 Å². The van der Waals surface area contributed by atoms with Crippen molar-refractivity contribution in [2.24, 2.45) is 0 Å². The van der Waals surface area contributed by atoms with E-state index >= 15 is 0 Å². The number of aryl methyl sites for hydroxylation is 1. The van der Waals surface area contributed by atoms with Gasteiger partial charge in [-0.05, 0) is 37.5 Å². The van der Waals surface area contributed by atoms with Crippen LogP contribution in [0.15, 0.2) is 18.2 Å². The maximum absolute atomic E-state index is 11.5. The van der Waals surface area contributed by atoms with Gasteiger partial charge in [0.05, 0.1) is 11.1 Å². The van der Waals surface area contributed by atoms with Crippen molar-refractivity contribution in [3.05, 3.63) is 40.6 Å². The molecule has 1 aromatic heterocycles. The van der Waals surface area contributed by atoms with Gasteiger partial charge < -0.3 is 5.11 Å². The second-order valence-corrected chi connectivity index (χ2v) is 4.98. The van der Waals surface area contributed by atoms with Crippen LogP contribution in [0.1, 0.15) is 46.9 Å². The van der Waals surface area contributed by atoms with Crippen LogP contribution in [-0.2, 0) is 0 Å². The lowest BCUT2D eigenvalue weighted by Crippen LogP contribution is -2.08. The third-order valence-corrected chi connectivity index (χ3v) is 3.18. The number of aromatic carboxylic acids is 1. The van der Waals surface area contributed by atoms with Gasteiger partial charge in [-0.25, -0.2) is 4.79 Å². The zero-order valence-electron chi connectivity index (χ0n) is 11.1. The molecule has 0 saturated heterocycles. The molecule has 0 amide bonds. The number of pyridine rings is 1. The third kappa shape index (κ3) is 1.96. The minimum absolute atomic E-state index is 0.216. The number of rotatable bonds is 2. The fourth-order valence-corrected chi connectivity index (χ4v) is 2.33. The number of fused-ring (bicyclic) bond motifs is 1. The summed E-state index contributed by atoms with van der Waals surface area (Å²) in [4.78, 5) is 16.1. The molecule has 3 nitrogen and oxygen atoms in total. The molecule has 0 aliphatic carbocycles. The van der Waals surface area contributed by atoms with E-state index < -0.39 is 5.97 Å². The second-order valence-electron chi connectivity index (χ2n) is 4.98. The number of benzene rings is 1. The Labute approximate surface area is 106 Å². The van der Waals surface area contributed by atoms with Gasteiger partial charge >= 0.3 is 5.97 Å². The van der Waals surface area contributed by atoms with Crippen molar-refractivity contribution in [1.82, 2.24) is 4.98 Å². The van der Waals surface area contributed by atoms with E-state index in [9.17, 15) is 9.90 Å². The third-order valence-electron chi connectivity index (χ3n) is 3.18. The Morgan fingerprint density at radius 1 is 1.28 bits per heavy atom. The van der Waals surface area contributed by atoms with Crippen LogP contribution in [-0.4, -0.2) is 16.1 Å². The summed E-state index contributed by atoms with van der Waals surface area (Å²) in [5, 5.41) is 10.2. The number of hydrogen-bond donors (Lipinski definition) is 1. The minimum Gasteiger partial charge on any atom is -0.478 e. The molecule has 0 atom stereocenters. The van der Waals surface area contributed by atoms with Crippen molar-refractivity contribution in [3.63, 3.8) is 0 Å². The van der Waals surface area contributed by atoms with E-state index in [1.807, 2.05) is 45.9 Å². The van der Waals surface area contributed by atoms with E-state index in [0.717, 1.165) is 27.7 Å². The lowest BCUT2D eigenvalue weighted by molar-refractivity contribution is 0.0698. The van der Waals surface area contributed by atoms with E-state index in [1.165, 1.54) is 0 Å². The standard InChI is InChI=1S/C15H17NO2/c1-8(2)14-10(4)13(15(17)18)11-7-9(3)5-6-12(11)16-14/h5-8H,1-4H3,(H,17,18). The number of carboxylic acids is 1. The first-order valence-electron chi connectivity index (χ1n) is 6.06. The highest BCUT2D eigenvalue weighted by Gasteiger charge is 2.18. The molecule has 0 saturated carbocycles. The number of hydrogen-bond acceptors (Lipinski definition) is 2. The molecule has 0 spiro atoms. The predicted molar refractivity (Wildman–Crippen MR) is 72.3 cm³/mol. The summed E-state index contributed by atoms with van der Waals surface area (Å²) in [6.07, 6.45) is 0. The van der Waals surface area contributed by atoms with Gasteiger partial charge in [0.2, 0.25) is 0 Å². The molecule has 0 aliphatic heterocycles. The molecular formula is C15H17NO2. The van der Waals surface area contributed by atoms with Crippen molar-refractivity contribution in [2.45, 2.75) is 33.6 Å². The summed E-state index contributed by atoms with van der Waals surface area (Å²) < 4.78 is 0. The van der Waals surface area contributed by atoms with Crippen molar-refractivity contribution in [3.8, 4) is 0 Å². The smallest absolute Gasteiger partial charge is 0.336 e. The molecule has 94 valence electrons. The highest BCUT2D eigenvalue weighted by Crippen LogP contribution is 2.27. The zero-order valence-corrected chi connectivity index (χ0v) is 11.1. The first kappa shape index (κ1) is 12.6. The molecule has 1 N–H and O–H groups in total. The average Bonchev–Trinajstić information content (AvgIpc) is 2.26. The monoisotopic (exact) mass is 243 g/mol. The van der Waals surface area contributed by atoms with E-state index in [0.29, 0.717) is 5.56 Å². The van der Waals surface area contributed by atoms with E-state index in [1.54, 1.807) is 0 Å². The Morgan fingerprint density at radius 2 is 1.94 bits per heavy atom. The largest absolute Gasteiger partial charge is 0.478 e. The lowest BCUT2D eigenvalue weighted by atomic mass is 9.95. The summed E-state index contributed by atoms with van der Waals surface area (Å²) in [7, 11) is 0. The van der Waals surface area contributed by atoms with Crippen molar-refractivity contribution >= 4 is 16.9 Å². The normalized spacial score (nSPS) is 11.2. The van der Waals surface area contributed by atoms with Gasteiger partial charge in [-0.2, -0.15) is 0 Å². The molecule has 0 unspecified atom stereocenters. The van der Waals surface area contributed by atoms with Gasteiger partial charge in [-0.1, -0.05) is 25.5 Å². The number of carboxylic acid groups (broad SMARTS) is 1. The Hall–Kier alpha value is -1.90. The molecule has 18 heavy (non-hydrogen) atoms. The fraction of sp³-hybridized carbons (Fsp3) is 0.333. The molecule has 1 heterocycles. The Kier molecular flexibility index (Phi) is 3.07. The van der Waals surface area contributed by atoms with Crippen LogP contribution in [0.25, 0.3) is 10.9 Å². The second kappa shape index (κ2) is 4.41. The van der Waals surface area contributed by atoms with Crippen molar-refractivity contribution in [1.29, 1.82) is 0 Å². The highest BCUT2D eigenvalue weighted by atomic mass is 16.4. The molecule has 1 aromatic carbocycles. The Morgan fingerprint density at radius 3 is 2.50 bits per heavy atom. The first-order chi connectivity index (χ1) is 8.41. The van der Waals surface area contributed by atoms with Crippen LogP contribution in [0.2, 0.25) is 0 Å². The minimum atomic E-state index is -0.882. The zero-order chi connectivity index (χ0) is 13.4. The maximum atomic E-state index is 11.5. The van der Waals surface area contributed by atoms with E-state index in [4.69, 9.17) is 0 Å². The van der Waals surface area contributed by atoms with Crippen LogP contribution < -0.4 is 0 Å². The molecule has 0 aliphatic rings. The maximum Gasteiger partial charge on any atom is 0.336 e. The van der Waals surface area contributed by atoms with Gasteiger partial charge in [0.15, 0.2) is 0 Å². The molecule has 0 radical (unpaired) electrons. The van der Waals surface area contributed by atoms with Crippen LogP contribution in [0.4, 0.5) is 0 Å². The summed E-state index contributed by atoms with van der Waals surface area (Å²) in [6.45, 7) is 7.85. The lowest BCUT2D eigenvalue weighted by Gasteiger charge is -2.14. The molecule has 3 heteroatoms. The van der Waals surface area contributed by atoms with Gasteiger partial charge in [0.25, 0.3) is 0 Å². The van der Waals surface area contributed by atoms with Crippen LogP contribution in [0, 0.1) is 13.8 Å². The van der Waals surface area contributed by atoms with Gasteiger partial charge in [0.1, 0.15) is 0 Å². The molecule has 2 aromatic rings. The molecule has 2 rings (SSSR count). The predicted octanol–water partition coefficient (Wildman–Crippen LogP) is 3.67. The summed E-state index contributed by atoms with van der Waals surface area (Å²) in [5.41, 5.74) is 3.82. The van der Waals surface area contributed by atoms with Crippen LogP contribution in [0.5, 0.6) is 0 Å². The number of aromatic nitrogens is 1. The molecule has 0 bridgehead atoms. The molecular weight excluding hydrogens is 226 g/mol. The SMILES string of the molecule is Cc1ccc2nc(C(C)C)c(C)c(C(=O)O)c2c1. The number of carbonyl (C=O) groups is 1. The van der Waals surface area contributed by atoms with Crippen LogP contribution >= 0.6 is 0 Å². The highest BCUT2D eigenvalue weighted by molar-refractivity contribution is 6.04. The van der Waals surface area contributed by atoms with Crippen molar-refractivity contribution < 1.29 is 9.90 Å².